The van der Waals surface area contributed by atoms with Crippen LogP contribution < -0.4 is 10.1 Å². The van der Waals surface area contributed by atoms with Crippen molar-refractivity contribution >= 4 is 23.3 Å². The molecule has 132 valence electrons. The summed E-state index contributed by atoms with van der Waals surface area (Å²) in [6.07, 6.45) is 2.28. The lowest BCUT2D eigenvalue weighted by atomic mass is 9.92. The lowest BCUT2D eigenvalue weighted by Crippen LogP contribution is -2.52. The number of imide groups is 1. The van der Waals surface area contributed by atoms with E-state index in [4.69, 9.17) is 4.74 Å². The van der Waals surface area contributed by atoms with Crippen LogP contribution >= 0.6 is 0 Å². The van der Waals surface area contributed by atoms with Crippen molar-refractivity contribution in [2.24, 2.45) is 0 Å². The van der Waals surface area contributed by atoms with Crippen molar-refractivity contribution in [1.29, 1.82) is 5.26 Å². The van der Waals surface area contributed by atoms with Crippen LogP contribution in [0.1, 0.15) is 48.2 Å². The van der Waals surface area contributed by atoms with Gasteiger partial charge in [0.2, 0.25) is 11.8 Å². The number of nitrogens with zero attached hydrogens (tertiary/aromatic N) is 2. The fourth-order valence-electron chi connectivity index (χ4n) is 3.75. The third kappa shape index (κ3) is 2.37. The maximum atomic E-state index is 12.8. The quantitative estimate of drug-likeness (QED) is 0.774. The van der Waals surface area contributed by atoms with Gasteiger partial charge in [-0.1, -0.05) is 0 Å². The Morgan fingerprint density at radius 3 is 2.69 bits per heavy atom. The second-order valence-corrected chi connectivity index (χ2v) is 7.24. The summed E-state index contributed by atoms with van der Waals surface area (Å²) in [5, 5.41) is 11.7. The number of allylic oxidation sites excluding steroid dienone is 1. The van der Waals surface area contributed by atoms with Gasteiger partial charge in [0.25, 0.3) is 5.91 Å². The summed E-state index contributed by atoms with van der Waals surface area (Å²) < 4.78 is 6.06. The number of fused-ring (bicyclic) bond motifs is 3. The average Bonchev–Trinajstić information content (AvgIpc) is 2.91. The van der Waals surface area contributed by atoms with E-state index in [9.17, 15) is 19.6 Å². The number of rotatable bonds is 1. The van der Waals surface area contributed by atoms with Crippen molar-refractivity contribution in [3.63, 3.8) is 0 Å². The summed E-state index contributed by atoms with van der Waals surface area (Å²) in [4.78, 5) is 37.9. The second-order valence-electron chi connectivity index (χ2n) is 7.24. The van der Waals surface area contributed by atoms with Gasteiger partial charge in [0.1, 0.15) is 17.4 Å². The van der Waals surface area contributed by atoms with Gasteiger partial charge in [-0.05, 0) is 38.5 Å². The number of amides is 3. The highest BCUT2D eigenvalue weighted by Gasteiger charge is 2.42. The van der Waals surface area contributed by atoms with Crippen LogP contribution in [0.15, 0.2) is 18.2 Å². The highest BCUT2D eigenvalue weighted by atomic mass is 16.5. The van der Waals surface area contributed by atoms with Gasteiger partial charge in [-0.15, -0.1) is 0 Å². The number of benzene rings is 1. The second kappa shape index (κ2) is 5.43. The molecule has 1 aromatic rings. The lowest BCUT2D eigenvalue weighted by molar-refractivity contribution is -0.136. The number of piperidine rings is 1. The van der Waals surface area contributed by atoms with Crippen LogP contribution in [0.5, 0.6) is 5.75 Å². The molecule has 0 bridgehead atoms. The first-order chi connectivity index (χ1) is 12.3. The van der Waals surface area contributed by atoms with Crippen molar-refractivity contribution < 1.29 is 19.1 Å². The van der Waals surface area contributed by atoms with Gasteiger partial charge in [-0.25, -0.2) is 0 Å². The number of carbonyl (C=O) groups is 3. The van der Waals surface area contributed by atoms with Gasteiger partial charge in [0, 0.05) is 23.1 Å². The molecule has 3 amide bonds. The van der Waals surface area contributed by atoms with E-state index in [0.29, 0.717) is 34.4 Å². The first-order valence-corrected chi connectivity index (χ1v) is 8.43. The Balaban J connectivity index is 1.74. The zero-order valence-electron chi connectivity index (χ0n) is 14.5. The fraction of sp³-hybridized carbons (Fsp3) is 0.368. The van der Waals surface area contributed by atoms with Gasteiger partial charge >= 0.3 is 0 Å². The topological polar surface area (TPSA) is 99.5 Å². The van der Waals surface area contributed by atoms with Crippen LogP contribution in [0.25, 0.3) is 5.57 Å². The van der Waals surface area contributed by atoms with E-state index >= 15 is 0 Å². The molecule has 4 rings (SSSR count). The van der Waals surface area contributed by atoms with Crippen molar-refractivity contribution in [2.45, 2.75) is 44.9 Å². The van der Waals surface area contributed by atoms with E-state index in [1.807, 2.05) is 13.8 Å². The Kier molecular flexibility index (Phi) is 3.41. The maximum Gasteiger partial charge on any atom is 0.255 e. The smallest absolute Gasteiger partial charge is 0.255 e. The molecule has 3 aliphatic rings. The Morgan fingerprint density at radius 1 is 1.27 bits per heavy atom. The Labute approximate surface area is 150 Å². The third-order valence-electron chi connectivity index (χ3n) is 4.93. The van der Waals surface area contributed by atoms with E-state index in [1.54, 1.807) is 18.2 Å². The molecule has 0 saturated carbocycles. The standard InChI is InChI=1S/C19H17N3O4/c1-19(2)7-10(8-20)11-3-4-12-13(16(11)26-19)9-22(18(12)25)14-5-6-15(23)21-17(14)24/h3-4,7,14H,5-6,9H2,1-2H3,(H,21,23,24). The molecule has 3 heterocycles. The van der Waals surface area contributed by atoms with E-state index in [0.717, 1.165) is 0 Å². The summed E-state index contributed by atoms with van der Waals surface area (Å²) >= 11 is 0. The van der Waals surface area contributed by atoms with Crippen LogP contribution in [-0.4, -0.2) is 34.3 Å². The number of carbonyl (C=O) groups excluding carboxylic acids is 3. The molecule has 3 aliphatic heterocycles. The van der Waals surface area contributed by atoms with Crippen LogP contribution in [0.2, 0.25) is 0 Å². The van der Waals surface area contributed by atoms with Crippen LogP contribution in [-0.2, 0) is 16.1 Å². The first kappa shape index (κ1) is 16.3. The molecule has 1 saturated heterocycles. The van der Waals surface area contributed by atoms with Crippen molar-refractivity contribution in [2.75, 3.05) is 0 Å². The van der Waals surface area contributed by atoms with Gasteiger partial charge in [-0.2, -0.15) is 5.26 Å². The Morgan fingerprint density at radius 2 is 2.00 bits per heavy atom. The van der Waals surface area contributed by atoms with Gasteiger partial charge in [0.05, 0.1) is 18.2 Å². The third-order valence-corrected chi connectivity index (χ3v) is 4.93. The average molecular weight is 351 g/mol. The minimum absolute atomic E-state index is 0.208. The molecule has 1 fully saturated rings. The number of nitriles is 1. The molecule has 7 heteroatoms. The largest absolute Gasteiger partial charge is 0.483 e. The molecule has 1 unspecified atom stereocenters. The SMILES string of the molecule is CC1(C)C=C(C#N)c2ccc3c(c2O1)CN(C1CCC(=O)NC1=O)C3=O. The summed E-state index contributed by atoms with van der Waals surface area (Å²) in [5.41, 5.74) is 1.65. The predicted molar refractivity (Wildman–Crippen MR) is 90.8 cm³/mol. The number of hydrogen-bond acceptors (Lipinski definition) is 5. The molecular formula is C19H17N3O4. The minimum atomic E-state index is -0.675. The Hall–Kier alpha value is -3.14. The summed E-state index contributed by atoms with van der Waals surface area (Å²) in [7, 11) is 0. The molecular weight excluding hydrogens is 334 g/mol. The van der Waals surface area contributed by atoms with Crippen LogP contribution in [0.4, 0.5) is 0 Å². The van der Waals surface area contributed by atoms with Crippen molar-refractivity contribution in [3.8, 4) is 11.8 Å². The molecule has 1 aromatic carbocycles. The normalized spacial score (nSPS) is 23.4. The minimum Gasteiger partial charge on any atom is -0.483 e. The molecule has 0 aliphatic carbocycles. The summed E-state index contributed by atoms with van der Waals surface area (Å²) in [6, 6.07) is 4.90. The molecule has 0 aromatic heterocycles. The highest BCUT2D eigenvalue weighted by molar-refractivity contribution is 6.06. The monoisotopic (exact) mass is 351 g/mol. The zero-order chi connectivity index (χ0) is 18.6. The van der Waals surface area contributed by atoms with E-state index in [1.165, 1.54) is 4.90 Å². The van der Waals surface area contributed by atoms with Crippen LogP contribution in [0, 0.1) is 11.3 Å². The summed E-state index contributed by atoms with van der Waals surface area (Å²) in [5.74, 6) is -0.502. The summed E-state index contributed by atoms with van der Waals surface area (Å²) in [6.45, 7) is 3.92. The highest BCUT2D eigenvalue weighted by Crippen LogP contribution is 2.43. The lowest BCUT2D eigenvalue weighted by Gasteiger charge is -2.31. The van der Waals surface area contributed by atoms with Crippen LogP contribution in [0.3, 0.4) is 0 Å². The number of nitrogens with one attached hydrogen (secondary N) is 1. The number of ether oxygens (including phenoxy) is 1. The predicted octanol–water partition coefficient (Wildman–Crippen LogP) is 1.53. The van der Waals surface area contributed by atoms with Gasteiger partial charge < -0.3 is 9.64 Å². The van der Waals surface area contributed by atoms with E-state index in [-0.39, 0.29) is 24.8 Å². The first-order valence-electron chi connectivity index (χ1n) is 8.43. The van der Waals surface area contributed by atoms with Gasteiger partial charge in [-0.3, -0.25) is 19.7 Å². The van der Waals surface area contributed by atoms with E-state index in [2.05, 4.69) is 11.4 Å². The maximum absolute atomic E-state index is 12.8. The molecule has 0 spiro atoms. The molecule has 26 heavy (non-hydrogen) atoms. The van der Waals surface area contributed by atoms with Gasteiger partial charge in [0.15, 0.2) is 0 Å². The molecule has 7 nitrogen and oxygen atoms in total. The van der Waals surface area contributed by atoms with E-state index < -0.39 is 17.6 Å². The fourth-order valence-corrected chi connectivity index (χ4v) is 3.75. The molecule has 0 radical (unpaired) electrons. The van der Waals surface area contributed by atoms with Crippen molar-refractivity contribution in [1.82, 2.24) is 10.2 Å². The molecule has 1 N–H and O–H groups in total. The molecule has 1 atom stereocenters. The number of hydrogen-bond donors (Lipinski definition) is 1. The van der Waals surface area contributed by atoms with Crippen molar-refractivity contribution in [3.05, 3.63) is 34.9 Å². The Bertz CT molecular complexity index is 939. The zero-order valence-corrected chi connectivity index (χ0v) is 14.5.